The van der Waals surface area contributed by atoms with Crippen LogP contribution in [0.1, 0.15) is 71.4 Å². The third-order valence-electron chi connectivity index (χ3n) is 6.71. The molecule has 5 nitrogen and oxygen atoms in total. The lowest BCUT2D eigenvalue weighted by atomic mass is 9.52. The van der Waals surface area contributed by atoms with E-state index in [9.17, 15) is 23.5 Å². The molecule has 2 bridgehead atoms. The minimum atomic E-state index is -1.74. The summed E-state index contributed by atoms with van der Waals surface area (Å²) in [4.78, 5) is 23.8. The van der Waals surface area contributed by atoms with Crippen LogP contribution in [0.4, 0.5) is 14.5 Å². The highest BCUT2D eigenvalue weighted by Crippen LogP contribution is 2.59. The predicted molar refractivity (Wildman–Crippen MR) is 110 cm³/mol. The van der Waals surface area contributed by atoms with E-state index in [4.69, 9.17) is 5.11 Å². The SMILES string of the molecule is CC12CCC(C)(CC1)c1c2cc(C(=O)Nc2cc(F)c(C(=O)O)c(F)c2)c(O)c1Br. The number of nitrogens with one attached hydrogen (secondary N) is 1. The first kappa shape index (κ1) is 20.8. The molecule has 8 heteroatoms. The molecule has 3 aliphatic rings. The standard InChI is InChI=1S/C22H20BrF2NO4/c1-21-3-5-22(2,6-4-21)16-12(21)9-11(18(27)17(16)23)19(28)26-10-7-13(24)15(20(29)30)14(25)8-10/h7-9,27H,3-6H2,1-2H3,(H,26,28)(H,29,30). The van der Waals surface area contributed by atoms with Gasteiger partial charge in [-0.15, -0.1) is 0 Å². The number of amides is 1. The van der Waals surface area contributed by atoms with Crippen molar-refractivity contribution in [3.8, 4) is 5.75 Å². The van der Waals surface area contributed by atoms with Crippen molar-refractivity contribution in [3.05, 3.63) is 56.6 Å². The van der Waals surface area contributed by atoms with Crippen LogP contribution in [0.5, 0.6) is 5.75 Å². The maximum Gasteiger partial charge on any atom is 0.341 e. The maximum atomic E-state index is 13.9. The van der Waals surface area contributed by atoms with Crippen molar-refractivity contribution in [1.29, 1.82) is 0 Å². The summed E-state index contributed by atoms with van der Waals surface area (Å²) in [6, 6.07) is 3.14. The molecule has 0 aliphatic heterocycles. The van der Waals surface area contributed by atoms with Crippen LogP contribution in [0.2, 0.25) is 0 Å². The molecule has 158 valence electrons. The van der Waals surface area contributed by atoms with Crippen LogP contribution in [0, 0.1) is 11.6 Å². The van der Waals surface area contributed by atoms with Gasteiger partial charge in [-0.25, -0.2) is 13.6 Å². The molecule has 0 saturated heterocycles. The van der Waals surface area contributed by atoms with Gasteiger partial charge in [-0.05, 0) is 81.8 Å². The zero-order chi connectivity index (χ0) is 22.0. The van der Waals surface area contributed by atoms with Crippen molar-refractivity contribution in [2.75, 3.05) is 5.32 Å². The summed E-state index contributed by atoms with van der Waals surface area (Å²) in [5, 5.41) is 21.9. The van der Waals surface area contributed by atoms with Gasteiger partial charge in [-0.1, -0.05) is 13.8 Å². The number of aromatic hydroxyl groups is 1. The third kappa shape index (κ3) is 3.00. The molecule has 2 aromatic rings. The van der Waals surface area contributed by atoms with Crippen molar-refractivity contribution in [3.63, 3.8) is 0 Å². The van der Waals surface area contributed by atoms with E-state index in [2.05, 4.69) is 35.1 Å². The molecule has 1 amide bonds. The molecule has 5 rings (SSSR count). The number of fused-ring (bicyclic) bond motifs is 2. The number of rotatable bonds is 3. The molecule has 0 spiro atoms. The second kappa shape index (κ2) is 6.77. The summed E-state index contributed by atoms with van der Waals surface area (Å²) in [6.07, 6.45) is 3.94. The summed E-state index contributed by atoms with van der Waals surface area (Å²) in [7, 11) is 0. The number of carboxylic acid groups (broad SMARTS) is 1. The lowest BCUT2D eigenvalue weighted by Crippen LogP contribution is -2.44. The molecular weight excluding hydrogens is 460 g/mol. The highest BCUT2D eigenvalue weighted by Gasteiger charge is 2.49. The van der Waals surface area contributed by atoms with E-state index in [-0.39, 0.29) is 27.8 Å². The van der Waals surface area contributed by atoms with Gasteiger partial charge < -0.3 is 15.5 Å². The molecule has 0 radical (unpaired) electrons. The molecule has 1 saturated carbocycles. The second-order valence-electron chi connectivity index (χ2n) is 8.70. The Morgan fingerprint density at radius 1 is 1.03 bits per heavy atom. The fraction of sp³-hybridized carbons (Fsp3) is 0.364. The van der Waals surface area contributed by atoms with Crippen LogP contribution in [-0.2, 0) is 10.8 Å². The van der Waals surface area contributed by atoms with E-state index in [1.54, 1.807) is 6.07 Å². The number of hydrogen-bond donors (Lipinski definition) is 3. The molecule has 3 N–H and O–H groups in total. The number of carbonyl (C=O) groups excluding carboxylic acids is 1. The Morgan fingerprint density at radius 3 is 2.10 bits per heavy atom. The van der Waals surface area contributed by atoms with Gasteiger partial charge in [0.05, 0.1) is 10.0 Å². The van der Waals surface area contributed by atoms with Crippen molar-refractivity contribution in [2.24, 2.45) is 0 Å². The van der Waals surface area contributed by atoms with Gasteiger partial charge in [0.2, 0.25) is 0 Å². The average molecular weight is 480 g/mol. The molecule has 3 aliphatic carbocycles. The van der Waals surface area contributed by atoms with E-state index < -0.39 is 29.1 Å². The number of carboxylic acids is 1. The second-order valence-corrected chi connectivity index (χ2v) is 9.50. The summed E-state index contributed by atoms with van der Waals surface area (Å²) in [6.45, 7) is 4.30. The number of aromatic carboxylic acids is 1. The Kier molecular flexibility index (Phi) is 4.69. The van der Waals surface area contributed by atoms with Crippen LogP contribution < -0.4 is 5.32 Å². The minimum Gasteiger partial charge on any atom is -0.506 e. The van der Waals surface area contributed by atoms with Crippen molar-refractivity contribution in [1.82, 2.24) is 0 Å². The minimum absolute atomic E-state index is 0.0128. The first-order chi connectivity index (χ1) is 14.0. The fourth-order valence-electron chi connectivity index (χ4n) is 4.80. The molecule has 30 heavy (non-hydrogen) atoms. The highest BCUT2D eigenvalue weighted by molar-refractivity contribution is 9.10. The summed E-state index contributed by atoms with van der Waals surface area (Å²) in [5.74, 6) is -5.31. The van der Waals surface area contributed by atoms with Crippen LogP contribution in [0.25, 0.3) is 0 Å². The number of phenols is 1. The lowest BCUT2D eigenvalue weighted by molar-refractivity contribution is 0.0686. The Hall–Kier alpha value is -2.48. The first-order valence-corrected chi connectivity index (χ1v) is 10.4. The van der Waals surface area contributed by atoms with Crippen LogP contribution >= 0.6 is 15.9 Å². The molecular formula is C22H20BrF2NO4. The zero-order valence-corrected chi connectivity index (χ0v) is 18.0. The van der Waals surface area contributed by atoms with Crippen LogP contribution in [0.3, 0.4) is 0 Å². The molecule has 0 atom stereocenters. The van der Waals surface area contributed by atoms with Crippen molar-refractivity contribution < 1.29 is 28.6 Å². The van der Waals surface area contributed by atoms with Gasteiger partial charge >= 0.3 is 5.97 Å². The largest absolute Gasteiger partial charge is 0.506 e. The fourth-order valence-corrected chi connectivity index (χ4v) is 5.71. The van der Waals surface area contributed by atoms with Crippen molar-refractivity contribution >= 4 is 33.5 Å². The first-order valence-electron chi connectivity index (χ1n) is 9.57. The van der Waals surface area contributed by atoms with Gasteiger partial charge in [0.25, 0.3) is 5.91 Å². The Morgan fingerprint density at radius 2 is 1.57 bits per heavy atom. The van der Waals surface area contributed by atoms with Crippen LogP contribution in [-0.4, -0.2) is 22.1 Å². The molecule has 0 aromatic heterocycles. The number of phenolic OH excluding ortho intramolecular Hbond substituents is 1. The van der Waals surface area contributed by atoms with Crippen molar-refractivity contribution in [2.45, 2.75) is 50.4 Å². The van der Waals surface area contributed by atoms with Crippen LogP contribution in [0.15, 0.2) is 22.7 Å². The monoisotopic (exact) mass is 479 g/mol. The zero-order valence-electron chi connectivity index (χ0n) is 16.4. The number of halogens is 3. The van der Waals surface area contributed by atoms with E-state index in [1.165, 1.54) is 0 Å². The van der Waals surface area contributed by atoms with E-state index in [0.717, 1.165) is 48.9 Å². The van der Waals surface area contributed by atoms with E-state index in [1.807, 2.05) is 0 Å². The molecule has 0 heterocycles. The summed E-state index contributed by atoms with van der Waals surface area (Å²) in [5.41, 5.74) is 0.464. The number of anilines is 1. The third-order valence-corrected chi connectivity index (χ3v) is 7.48. The summed E-state index contributed by atoms with van der Waals surface area (Å²) >= 11 is 3.47. The molecule has 1 fully saturated rings. The van der Waals surface area contributed by atoms with Gasteiger partial charge in [0.15, 0.2) is 0 Å². The molecule has 0 unspecified atom stereocenters. The molecule has 2 aromatic carbocycles. The van der Waals surface area contributed by atoms with Gasteiger partial charge in [0, 0.05) is 5.69 Å². The topological polar surface area (TPSA) is 86.6 Å². The van der Waals surface area contributed by atoms with Gasteiger partial charge in [-0.2, -0.15) is 0 Å². The Bertz CT molecular complexity index is 1080. The predicted octanol–water partition coefficient (Wildman–Crippen LogP) is 5.49. The average Bonchev–Trinajstić information content (AvgIpc) is 2.64. The lowest BCUT2D eigenvalue weighted by Gasteiger charge is -2.52. The van der Waals surface area contributed by atoms with Gasteiger partial charge in [-0.3, -0.25) is 4.79 Å². The number of hydrogen-bond acceptors (Lipinski definition) is 3. The number of benzene rings is 2. The van der Waals surface area contributed by atoms with E-state index in [0.29, 0.717) is 4.47 Å². The summed E-state index contributed by atoms with van der Waals surface area (Å²) < 4.78 is 28.4. The quantitative estimate of drug-likeness (QED) is 0.543. The van der Waals surface area contributed by atoms with Gasteiger partial charge in [0.1, 0.15) is 22.9 Å². The van der Waals surface area contributed by atoms with E-state index >= 15 is 0 Å². The highest BCUT2D eigenvalue weighted by atomic mass is 79.9. The number of carbonyl (C=O) groups is 2. The maximum absolute atomic E-state index is 13.9. The normalized spacial score (nSPS) is 24.4. The Labute approximate surface area is 180 Å². The smallest absolute Gasteiger partial charge is 0.341 e. The Balaban J connectivity index is 1.75.